The topological polar surface area (TPSA) is 78.6 Å². The molecule has 1 fully saturated rings. The van der Waals surface area contributed by atoms with Crippen LogP contribution in [0.1, 0.15) is 17.5 Å². The maximum absolute atomic E-state index is 11.4. The van der Waals surface area contributed by atoms with Gasteiger partial charge in [0.15, 0.2) is 0 Å². The van der Waals surface area contributed by atoms with Gasteiger partial charge in [-0.2, -0.15) is 0 Å². The summed E-state index contributed by atoms with van der Waals surface area (Å²) in [7, 11) is -3.69. The molecule has 0 radical (unpaired) electrons. The Bertz CT molecular complexity index is 524. The molecule has 1 saturated heterocycles. The summed E-state index contributed by atoms with van der Waals surface area (Å²) in [5, 5.41) is 5.18. The van der Waals surface area contributed by atoms with Crippen LogP contribution in [0.5, 0.6) is 5.75 Å². The molecule has 1 aliphatic heterocycles. The number of nitrogens with two attached hydrogens (primary N) is 1. The molecule has 18 heavy (non-hydrogen) atoms. The molecule has 1 aromatic carbocycles. The van der Waals surface area contributed by atoms with E-state index >= 15 is 0 Å². The second-order valence-corrected chi connectivity index (χ2v) is 6.03. The molecule has 2 rings (SSSR count). The second-order valence-electron chi connectivity index (χ2n) is 4.53. The van der Waals surface area contributed by atoms with E-state index in [0.29, 0.717) is 30.1 Å². The fourth-order valence-electron chi connectivity index (χ4n) is 2.23. The predicted molar refractivity (Wildman–Crippen MR) is 67.1 cm³/mol. The van der Waals surface area contributed by atoms with Crippen molar-refractivity contribution in [1.29, 1.82) is 0 Å². The van der Waals surface area contributed by atoms with E-state index in [0.717, 1.165) is 6.42 Å². The molecule has 1 aliphatic rings. The van der Waals surface area contributed by atoms with Crippen LogP contribution >= 0.6 is 0 Å². The largest absolute Gasteiger partial charge is 0.488 e. The fraction of sp³-hybridized carbons (Fsp3) is 0.500. The molecule has 0 amide bonds. The van der Waals surface area contributed by atoms with Crippen molar-refractivity contribution in [2.24, 2.45) is 5.14 Å². The van der Waals surface area contributed by atoms with Crippen molar-refractivity contribution in [3.63, 3.8) is 0 Å². The minimum atomic E-state index is -3.69. The molecule has 1 unspecified atom stereocenters. The monoisotopic (exact) mass is 271 g/mol. The normalized spacial score (nSPS) is 20.1. The first-order valence-electron chi connectivity index (χ1n) is 5.76. The number of hydrogen-bond donors (Lipinski definition) is 1. The maximum Gasteiger partial charge on any atom is 0.238 e. The molecule has 0 aromatic heterocycles. The van der Waals surface area contributed by atoms with Gasteiger partial charge in [-0.1, -0.05) is 0 Å². The van der Waals surface area contributed by atoms with E-state index in [9.17, 15) is 8.42 Å². The number of ether oxygens (including phenoxy) is 2. The van der Waals surface area contributed by atoms with Gasteiger partial charge in [-0.05, 0) is 37.1 Å². The Morgan fingerprint density at radius 2 is 1.94 bits per heavy atom. The van der Waals surface area contributed by atoms with Gasteiger partial charge in [0, 0.05) is 6.42 Å². The van der Waals surface area contributed by atoms with Crippen LogP contribution in [0, 0.1) is 13.8 Å². The molecular weight excluding hydrogens is 254 g/mol. The molecule has 100 valence electrons. The summed E-state index contributed by atoms with van der Waals surface area (Å²) in [6, 6.07) is 3.40. The minimum Gasteiger partial charge on any atom is -0.488 e. The highest BCUT2D eigenvalue weighted by Gasteiger charge is 2.20. The third kappa shape index (κ3) is 2.82. The van der Waals surface area contributed by atoms with Crippen molar-refractivity contribution in [2.45, 2.75) is 31.3 Å². The predicted octanol–water partition coefficient (Wildman–Crippen LogP) is 1.12. The van der Waals surface area contributed by atoms with Gasteiger partial charge < -0.3 is 9.47 Å². The van der Waals surface area contributed by atoms with Crippen molar-refractivity contribution in [3.8, 4) is 5.75 Å². The zero-order chi connectivity index (χ0) is 13.3. The van der Waals surface area contributed by atoms with Gasteiger partial charge >= 0.3 is 0 Å². The van der Waals surface area contributed by atoms with Crippen molar-refractivity contribution in [1.82, 2.24) is 0 Å². The Morgan fingerprint density at radius 1 is 1.33 bits per heavy atom. The standard InChI is InChI=1S/C12H17NO4S/c1-8-5-11(17-10-3-4-16-7-10)6-9(2)12(8)18(13,14)15/h5-6,10H,3-4,7H2,1-2H3,(H2,13,14,15). The number of rotatable bonds is 3. The number of aryl methyl sites for hydroxylation is 2. The van der Waals surface area contributed by atoms with E-state index in [-0.39, 0.29) is 11.0 Å². The molecule has 0 spiro atoms. The van der Waals surface area contributed by atoms with E-state index in [1.54, 1.807) is 26.0 Å². The summed E-state index contributed by atoms with van der Waals surface area (Å²) in [6.45, 7) is 4.71. The lowest BCUT2D eigenvalue weighted by molar-refractivity contribution is 0.141. The number of benzene rings is 1. The Morgan fingerprint density at radius 3 is 2.39 bits per heavy atom. The summed E-state index contributed by atoms with van der Waals surface area (Å²) in [5.74, 6) is 0.660. The van der Waals surface area contributed by atoms with Gasteiger partial charge in [0.1, 0.15) is 11.9 Å². The number of hydrogen-bond acceptors (Lipinski definition) is 4. The number of sulfonamides is 1. The molecule has 2 N–H and O–H groups in total. The Hall–Kier alpha value is -1.11. The van der Waals surface area contributed by atoms with Crippen molar-refractivity contribution in [3.05, 3.63) is 23.3 Å². The molecule has 1 heterocycles. The van der Waals surface area contributed by atoms with E-state index in [4.69, 9.17) is 14.6 Å². The van der Waals surface area contributed by atoms with Gasteiger partial charge in [-0.15, -0.1) is 0 Å². The highest BCUT2D eigenvalue weighted by Crippen LogP contribution is 2.26. The Kier molecular flexibility index (Phi) is 3.61. The van der Waals surface area contributed by atoms with Crippen LogP contribution < -0.4 is 9.88 Å². The third-order valence-corrected chi connectivity index (χ3v) is 4.12. The second kappa shape index (κ2) is 4.87. The van der Waals surface area contributed by atoms with Crippen LogP contribution in [-0.2, 0) is 14.8 Å². The molecule has 1 atom stereocenters. The first kappa shape index (κ1) is 13.3. The van der Waals surface area contributed by atoms with Gasteiger partial charge in [0.2, 0.25) is 10.0 Å². The molecule has 1 aromatic rings. The Labute approximate surface area is 107 Å². The van der Waals surface area contributed by atoms with E-state index in [1.807, 2.05) is 0 Å². The quantitative estimate of drug-likeness (QED) is 0.893. The summed E-state index contributed by atoms with van der Waals surface area (Å²) >= 11 is 0. The maximum atomic E-state index is 11.4. The summed E-state index contributed by atoms with van der Waals surface area (Å²) in [5.41, 5.74) is 1.21. The highest BCUT2D eigenvalue weighted by atomic mass is 32.2. The first-order valence-corrected chi connectivity index (χ1v) is 7.31. The highest BCUT2D eigenvalue weighted by molar-refractivity contribution is 7.89. The van der Waals surface area contributed by atoms with Crippen LogP contribution in [0.25, 0.3) is 0 Å². The average molecular weight is 271 g/mol. The summed E-state index contributed by atoms with van der Waals surface area (Å²) < 4.78 is 33.9. The van der Waals surface area contributed by atoms with Crippen LogP contribution in [-0.4, -0.2) is 27.7 Å². The zero-order valence-corrected chi connectivity index (χ0v) is 11.3. The van der Waals surface area contributed by atoms with Crippen LogP contribution in [0.15, 0.2) is 17.0 Å². The van der Waals surface area contributed by atoms with E-state index in [1.165, 1.54) is 0 Å². The Balaban J connectivity index is 2.30. The van der Waals surface area contributed by atoms with Crippen LogP contribution in [0.2, 0.25) is 0 Å². The van der Waals surface area contributed by atoms with Gasteiger partial charge in [-0.25, -0.2) is 13.6 Å². The van der Waals surface area contributed by atoms with Crippen molar-refractivity contribution < 1.29 is 17.9 Å². The minimum absolute atomic E-state index is 0.0455. The fourth-order valence-corrected chi connectivity index (χ4v) is 3.24. The lowest BCUT2D eigenvalue weighted by Crippen LogP contribution is -2.18. The van der Waals surface area contributed by atoms with E-state index < -0.39 is 10.0 Å². The van der Waals surface area contributed by atoms with Crippen molar-refractivity contribution >= 4 is 10.0 Å². The lowest BCUT2D eigenvalue weighted by atomic mass is 10.1. The molecule has 0 bridgehead atoms. The van der Waals surface area contributed by atoms with Crippen molar-refractivity contribution in [2.75, 3.05) is 13.2 Å². The summed E-state index contributed by atoms with van der Waals surface area (Å²) in [6.07, 6.45) is 0.902. The summed E-state index contributed by atoms with van der Waals surface area (Å²) in [4.78, 5) is 0.178. The first-order chi connectivity index (χ1) is 8.38. The van der Waals surface area contributed by atoms with Crippen LogP contribution in [0.3, 0.4) is 0 Å². The SMILES string of the molecule is Cc1cc(OC2CCOC2)cc(C)c1S(N)(=O)=O. The van der Waals surface area contributed by atoms with E-state index in [2.05, 4.69) is 0 Å². The lowest BCUT2D eigenvalue weighted by Gasteiger charge is -2.15. The third-order valence-electron chi connectivity index (χ3n) is 2.91. The number of primary sulfonamides is 1. The van der Waals surface area contributed by atoms with Crippen LogP contribution in [0.4, 0.5) is 0 Å². The van der Waals surface area contributed by atoms with Gasteiger partial charge in [0.05, 0.1) is 18.1 Å². The smallest absolute Gasteiger partial charge is 0.238 e. The molecule has 0 aliphatic carbocycles. The molecule has 6 heteroatoms. The average Bonchev–Trinajstić information content (AvgIpc) is 2.66. The van der Waals surface area contributed by atoms with Gasteiger partial charge in [0.25, 0.3) is 0 Å². The molecule has 0 saturated carbocycles. The molecule has 5 nitrogen and oxygen atoms in total. The zero-order valence-electron chi connectivity index (χ0n) is 10.5. The molecular formula is C12H17NO4S. The van der Waals surface area contributed by atoms with Gasteiger partial charge in [-0.3, -0.25) is 0 Å².